The Bertz CT molecular complexity index is 946. The van der Waals surface area contributed by atoms with Crippen molar-refractivity contribution < 1.29 is 4.79 Å². The number of amides is 1. The number of hydrogen-bond donors (Lipinski definition) is 1. The van der Waals surface area contributed by atoms with Gasteiger partial charge in [0.1, 0.15) is 0 Å². The van der Waals surface area contributed by atoms with E-state index in [0.717, 1.165) is 35.0 Å². The Morgan fingerprint density at radius 3 is 2.59 bits per heavy atom. The Hall–Kier alpha value is -2.68. The largest absolute Gasteiger partial charge is 0.352 e. The van der Waals surface area contributed by atoms with Crippen LogP contribution in [0.3, 0.4) is 0 Å². The molecule has 0 bridgehead atoms. The first-order valence-corrected chi connectivity index (χ1v) is 9.85. The summed E-state index contributed by atoms with van der Waals surface area (Å²) >= 11 is 0. The fraction of sp³-hybridized carbons (Fsp3) is 0.333. The average molecular weight is 361 g/mol. The molecule has 2 aromatic carbocycles. The smallest absolute Gasteiger partial charge is 0.252 e. The zero-order valence-electron chi connectivity index (χ0n) is 16.5. The summed E-state index contributed by atoms with van der Waals surface area (Å²) in [5.41, 5.74) is 5.87. The lowest BCUT2D eigenvalue weighted by atomic mass is 9.99. The van der Waals surface area contributed by atoms with E-state index in [2.05, 4.69) is 44.3 Å². The number of aryl methyl sites for hydroxylation is 2. The molecule has 3 rings (SSSR count). The standard InChI is InChI=1S/C24H28N2O/c1-4-5-6-9-14-25-24(27)21-16-23(19-13-12-17(2)15-18(19)3)26-22-11-8-7-10-20(21)22/h7-8,10-13,15-16H,4-6,9,14H2,1-3H3,(H,25,27). The molecule has 0 saturated heterocycles. The van der Waals surface area contributed by atoms with Gasteiger partial charge in [-0.3, -0.25) is 4.79 Å². The minimum absolute atomic E-state index is 0.0175. The molecule has 0 aliphatic carbocycles. The number of aromatic nitrogens is 1. The van der Waals surface area contributed by atoms with Crippen molar-refractivity contribution in [3.63, 3.8) is 0 Å². The molecule has 3 aromatic rings. The molecule has 3 nitrogen and oxygen atoms in total. The SMILES string of the molecule is CCCCCCNC(=O)c1cc(-c2ccc(C)cc2C)nc2ccccc12. The van der Waals surface area contributed by atoms with E-state index < -0.39 is 0 Å². The maximum absolute atomic E-state index is 12.9. The zero-order valence-corrected chi connectivity index (χ0v) is 16.5. The van der Waals surface area contributed by atoms with Crippen LogP contribution in [0, 0.1) is 13.8 Å². The van der Waals surface area contributed by atoms with Gasteiger partial charge in [0.25, 0.3) is 5.91 Å². The quantitative estimate of drug-likeness (QED) is 0.539. The van der Waals surface area contributed by atoms with Crippen LogP contribution in [0.25, 0.3) is 22.2 Å². The van der Waals surface area contributed by atoms with Gasteiger partial charge in [0.2, 0.25) is 0 Å². The van der Waals surface area contributed by atoms with Gasteiger partial charge in [0.05, 0.1) is 16.8 Å². The van der Waals surface area contributed by atoms with Crippen LogP contribution in [-0.2, 0) is 0 Å². The highest BCUT2D eigenvalue weighted by Crippen LogP contribution is 2.27. The van der Waals surface area contributed by atoms with Crippen molar-refractivity contribution in [1.29, 1.82) is 0 Å². The van der Waals surface area contributed by atoms with E-state index in [0.29, 0.717) is 12.1 Å². The fourth-order valence-corrected chi connectivity index (χ4v) is 3.45. The Balaban J connectivity index is 1.95. The highest BCUT2D eigenvalue weighted by atomic mass is 16.1. The first-order chi connectivity index (χ1) is 13.1. The Morgan fingerprint density at radius 2 is 1.81 bits per heavy atom. The Kier molecular flexibility index (Phi) is 6.23. The van der Waals surface area contributed by atoms with Crippen LogP contribution in [0.15, 0.2) is 48.5 Å². The van der Waals surface area contributed by atoms with E-state index in [-0.39, 0.29) is 5.91 Å². The lowest BCUT2D eigenvalue weighted by Crippen LogP contribution is -2.24. The summed E-state index contributed by atoms with van der Waals surface area (Å²) in [7, 11) is 0. The molecule has 0 aliphatic heterocycles. The number of rotatable bonds is 7. The predicted octanol–water partition coefficient (Wildman–Crippen LogP) is 5.83. The fourth-order valence-electron chi connectivity index (χ4n) is 3.45. The van der Waals surface area contributed by atoms with Crippen molar-refractivity contribution in [2.24, 2.45) is 0 Å². The number of carbonyl (C=O) groups is 1. The van der Waals surface area contributed by atoms with Gasteiger partial charge in [-0.2, -0.15) is 0 Å². The van der Waals surface area contributed by atoms with Gasteiger partial charge in [-0.25, -0.2) is 4.98 Å². The number of unbranched alkanes of at least 4 members (excludes halogenated alkanes) is 3. The van der Waals surface area contributed by atoms with Crippen LogP contribution in [-0.4, -0.2) is 17.4 Å². The molecule has 1 N–H and O–H groups in total. The second kappa shape index (κ2) is 8.81. The third-order valence-corrected chi connectivity index (χ3v) is 4.93. The second-order valence-corrected chi connectivity index (χ2v) is 7.21. The van der Waals surface area contributed by atoms with Crippen LogP contribution in [0.5, 0.6) is 0 Å². The molecule has 140 valence electrons. The van der Waals surface area contributed by atoms with E-state index in [9.17, 15) is 4.79 Å². The van der Waals surface area contributed by atoms with Gasteiger partial charge < -0.3 is 5.32 Å². The molecule has 0 radical (unpaired) electrons. The summed E-state index contributed by atoms with van der Waals surface area (Å²) in [5, 5.41) is 3.99. The lowest BCUT2D eigenvalue weighted by Gasteiger charge is -2.12. The normalized spacial score (nSPS) is 10.9. The molecule has 3 heteroatoms. The van der Waals surface area contributed by atoms with Crippen molar-refractivity contribution >= 4 is 16.8 Å². The van der Waals surface area contributed by atoms with Crippen molar-refractivity contribution in [2.75, 3.05) is 6.54 Å². The van der Waals surface area contributed by atoms with E-state index in [1.54, 1.807) is 0 Å². The Labute approximate surface area is 161 Å². The summed E-state index contributed by atoms with van der Waals surface area (Å²) < 4.78 is 0. The van der Waals surface area contributed by atoms with Gasteiger partial charge >= 0.3 is 0 Å². The molecule has 1 heterocycles. The van der Waals surface area contributed by atoms with Crippen molar-refractivity contribution in [3.05, 3.63) is 65.2 Å². The number of nitrogens with one attached hydrogen (secondary N) is 1. The maximum atomic E-state index is 12.9. The van der Waals surface area contributed by atoms with E-state index in [1.165, 1.54) is 24.0 Å². The first kappa shape index (κ1) is 19.1. The maximum Gasteiger partial charge on any atom is 0.252 e. The lowest BCUT2D eigenvalue weighted by molar-refractivity contribution is 0.0954. The molecule has 0 fully saturated rings. The molecular formula is C24H28N2O. The van der Waals surface area contributed by atoms with Crippen molar-refractivity contribution in [1.82, 2.24) is 10.3 Å². The zero-order chi connectivity index (χ0) is 19.2. The van der Waals surface area contributed by atoms with E-state index >= 15 is 0 Å². The van der Waals surface area contributed by atoms with E-state index in [1.807, 2.05) is 30.3 Å². The molecular weight excluding hydrogens is 332 g/mol. The molecule has 0 spiro atoms. The molecule has 1 aromatic heterocycles. The summed E-state index contributed by atoms with van der Waals surface area (Å²) in [4.78, 5) is 17.7. The number of pyridine rings is 1. The van der Waals surface area contributed by atoms with Gasteiger partial charge in [-0.1, -0.05) is 68.1 Å². The van der Waals surface area contributed by atoms with Crippen LogP contribution < -0.4 is 5.32 Å². The van der Waals surface area contributed by atoms with Crippen LogP contribution >= 0.6 is 0 Å². The second-order valence-electron chi connectivity index (χ2n) is 7.21. The molecule has 0 aliphatic rings. The van der Waals surface area contributed by atoms with Gasteiger partial charge in [-0.05, 0) is 38.0 Å². The average Bonchev–Trinajstić information content (AvgIpc) is 2.67. The van der Waals surface area contributed by atoms with Gasteiger partial charge in [0, 0.05) is 17.5 Å². The minimum Gasteiger partial charge on any atom is -0.352 e. The predicted molar refractivity (Wildman–Crippen MR) is 113 cm³/mol. The number of benzene rings is 2. The van der Waals surface area contributed by atoms with Crippen molar-refractivity contribution in [2.45, 2.75) is 46.5 Å². The van der Waals surface area contributed by atoms with Crippen LogP contribution in [0.2, 0.25) is 0 Å². The Morgan fingerprint density at radius 1 is 1.00 bits per heavy atom. The number of carbonyl (C=O) groups excluding carboxylic acids is 1. The summed E-state index contributed by atoms with van der Waals surface area (Å²) in [6.07, 6.45) is 4.58. The molecule has 1 amide bonds. The molecule has 27 heavy (non-hydrogen) atoms. The summed E-state index contributed by atoms with van der Waals surface area (Å²) in [6, 6.07) is 16.1. The first-order valence-electron chi connectivity index (χ1n) is 9.85. The third kappa shape index (κ3) is 4.54. The van der Waals surface area contributed by atoms with Crippen molar-refractivity contribution in [3.8, 4) is 11.3 Å². The summed E-state index contributed by atoms with van der Waals surface area (Å²) in [5.74, 6) is -0.0175. The van der Waals surface area contributed by atoms with Gasteiger partial charge in [-0.15, -0.1) is 0 Å². The highest BCUT2D eigenvalue weighted by molar-refractivity contribution is 6.07. The molecule has 0 unspecified atom stereocenters. The number of hydrogen-bond acceptors (Lipinski definition) is 2. The number of para-hydroxylation sites is 1. The minimum atomic E-state index is -0.0175. The molecule has 0 saturated carbocycles. The topological polar surface area (TPSA) is 42.0 Å². The highest BCUT2D eigenvalue weighted by Gasteiger charge is 2.14. The number of fused-ring (bicyclic) bond motifs is 1. The van der Waals surface area contributed by atoms with Crippen LogP contribution in [0.4, 0.5) is 0 Å². The van der Waals surface area contributed by atoms with Crippen LogP contribution in [0.1, 0.15) is 54.1 Å². The molecule has 0 atom stereocenters. The third-order valence-electron chi connectivity index (χ3n) is 4.93. The van der Waals surface area contributed by atoms with Gasteiger partial charge in [0.15, 0.2) is 0 Å². The summed E-state index contributed by atoms with van der Waals surface area (Å²) in [6.45, 7) is 7.08. The van der Waals surface area contributed by atoms with E-state index in [4.69, 9.17) is 4.98 Å². The number of nitrogens with zero attached hydrogens (tertiary/aromatic N) is 1. The monoisotopic (exact) mass is 360 g/mol.